The highest BCUT2D eigenvalue weighted by Crippen LogP contribution is 2.26. The number of amides is 2. The number of ether oxygens (including phenoxy) is 2. The molecule has 0 atom stereocenters. The molecule has 1 saturated heterocycles. The van der Waals surface area contributed by atoms with E-state index in [1.807, 2.05) is 60.7 Å². The lowest BCUT2D eigenvalue weighted by molar-refractivity contribution is -0.126. The molecule has 1 fully saturated rings. The summed E-state index contributed by atoms with van der Waals surface area (Å²) in [4.78, 5) is 28.7. The lowest BCUT2D eigenvalue weighted by atomic mass is 10.0. The number of para-hydroxylation sites is 1. The Balaban J connectivity index is 1.85. The fraction of sp³-hybridized carbons (Fsp3) is 0.304. The van der Waals surface area contributed by atoms with Gasteiger partial charge in [0.25, 0.3) is 5.91 Å². The van der Waals surface area contributed by atoms with Gasteiger partial charge in [0.15, 0.2) is 0 Å². The van der Waals surface area contributed by atoms with E-state index in [4.69, 9.17) is 9.47 Å². The third kappa shape index (κ3) is 4.96. The molecule has 0 unspecified atom stereocenters. The Kier molecular flexibility index (Phi) is 6.89. The molecule has 6 nitrogen and oxygen atoms in total. The van der Waals surface area contributed by atoms with Crippen molar-refractivity contribution in [1.82, 2.24) is 9.80 Å². The number of carbonyl (C=O) groups is 2. The second kappa shape index (κ2) is 9.78. The van der Waals surface area contributed by atoms with Crippen LogP contribution in [-0.4, -0.2) is 61.7 Å². The van der Waals surface area contributed by atoms with Gasteiger partial charge in [0.2, 0.25) is 0 Å². The highest BCUT2D eigenvalue weighted by Gasteiger charge is 2.27. The standard InChI is InChI=1S/C23H26N2O4/c1-3-29-23(27)25-15-13-24(14-16-25)22(26)20(18-9-5-4-6-10-18)17-19-11-7-8-12-21(19)28-2/h4-12,17H,3,13-16H2,1-2H3/b20-17-. The molecule has 3 rings (SSSR count). The molecule has 0 bridgehead atoms. The van der Waals surface area contributed by atoms with E-state index in [0.717, 1.165) is 11.1 Å². The average Bonchev–Trinajstić information content (AvgIpc) is 2.78. The largest absolute Gasteiger partial charge is 0.496 e. The molecule has 0 aliphatic carbocycles. The van der Waals surface area contributed by atoms with Gasteiger partial charge in [0, 0.05) is 37.3 Å². The van der Waals surface area contributed by atoms with Crippen molar-refractivity contribution in [3.05, 3.63) is 65.7 Å². The summed E-state index contributed by atoms with van der Waals surface area (Å²) in [7, 11) is 1.62. The van der Waals surface area contributed by atoms with E-state index in [1.54, 1.807) is 23.8 Å². The van der Waals surface area contributed by atoms with E-state index in [-0.39, 0.29) is 12.0 Å². The monoisotopic (exact) mass is 394 g/mol. The summed E-state index contributed by atoms with van der Waals surface area (Å²) in [5.41, 5.74) is 2.28. The van der Waals surface area contributed by atoms with Gasteiger partial charge in [-0.1, -0.05) is 48.5 Å². The van der Waals surface area contributed by atoms with E-state index in [2.05, 4.69) is 0 Å². The van der Waals surface area contributed by atoms with Gasteiger partial charge in [-0.2, -0.15) is 0 Å². The number of methoxy groups -OCH3 is 1. The van der Waals surface area contributed by atoms with Crippen LogP contribution in [0.2, 0.25) is 0 Å². The first-order valence-electron chi connectivity index (χ1n) is 9.75. The summed E-state index contributed by atoms with van der Waals surface area (Å²) in [6.45, 7) is 3.98. The Morgan fingerprint density at radius 3 is 2.21 bits per heavy atom. The summed E-state index contributed by atoms with van der Waals surface area (Å²) in [6.07, 6.45) is 1.54. The van der Waals surface area contributed by atoms with Crippen molar-refractivity contribution in [2.75, 3.05) is 39.9 Å². The maximum Gasteiger partial charge on any atom is 0.409 e. The molecule has 6 heteroatoms. The highest BCUT2D eigenvalue weighted by atomic mass is 16.6. The molecule has 2 aromatic carbocycles. The fourth-order valence-corrected chi connectivity index (χ4v) is 3.30. The van der Waals surface area contributed by atoms with Gasteiger partial charge in [-0.05, 0) is 24.6 Å². The van der Waals surface area contributed by atoms with Gasteiger partial charge in [-0.3, -0.25) is 4.79 Å². The minimum absolute atomic E-state index is 0.0642. The minimum atomic E-state index is -0.326. The molecule has 0 N–H and O–H groups in total. The number of hydrogen-bond acceptors (Lipinski definition) is 4. The first-order valence-corrected chi connectivity index (χ1v) is 9.75. The molecule has 1 aliphatic rings. The second-order valence-corrected chi connectivity index (χ2v) is 6.64. The van der Waals surface area contributed by atoms with Crippen molar-refractivity contribution in [3.8, 4) is 5.75 Å². The van der Waals surface area contributed by atoms with Crippen LogP contribution in [-0.2, 0) is 9.53 Å². The lowest BCUT2D eigenvalue weighted by Gasteiger charge is -2.34. The smallest absolute Gasteiger partial charge is 0.409 e. The third-order valence-electron chi connectivity index (χ3n) is 4.85. The van der Waals surface area contributed by atoms with Gasteiger partial charge in [-0.15, -0.1) is 0 Å². The second-order valence-electron chi connectivity index (χ2n) is 6.64. The van der Waals surface area contributed by atoms with Crippen LogP contribution < -0.4 is 4.74 Å². The van der Waals surface area contributed by atoms with E-state index in [9.17, 15) is 9.59 Å². The van der Waals surface area contributed by atoms with Crippen molar-refractivity contribution in [2.45, 2.75) is 6.92 Å². The molecule has 2 amide bonds. The zero-order valence-electron chi connectivity index (χ0n) is 16.8. The summed E-state index contributed by atoms with van der Waals surface area (Å²) < 4.78 is 10.5. The molecule has 0 saturated carbocycles. The predicted molar refractivity (Wildman–Crippen MR) is 112 cm³/mol. The zero-order valence-corrected chi connectivity index (χ0v) is 16.8. The molecule has 152 valence electrons. The molecule has 1 heterocycles. The third-order valence-corrected chi connectivity index (χ3v) is 4.85. The quantitative estimate of drug-likeness (QED) is 0.575. The SMILES string of the molecule is CCOC(=O)N1CCN(C(=O)/C(=C\c2ccccc2OC)c2ccccc2)CC1. The van der Waals surface area contributed by atoms with Crippen molar-refractivity contribution in [1.29, 1.82) is 0 Å². The molecule has 0 spiro atoms. The Morgan fingerprint density at radius 2 is 1.55 bits per heavy atom. The van der Waals surface area contributed by atoms with Gasteiger partial charge in [-0.25, -0.2) is 4.79 Å². The molecule has 0 aromatic heterocycles. The van der Waals surface area contributed by atoms with E-state index in [0.29, 0.717) is 44.1 Å². The number of carbonyl (C=O) groups excluding carboxylic acids is 2. The Hall–Kier alpha value is -3.28. The van der Waals surface area contributed by atoms with Gasteiger partial charge >= 0.3 is 6.09 Å². The van der Waals surface area contributed by atoms with Crippen LogP contribution in [0.4, 0.5) is 4.79 Å². The van der Waals surface area contributed by atoms with E-state index >= 15 is 0 Å². The van der Waals surface area contributed by atoms with Crippen LogP contribution in [0.5, 0.6) is 5.75 Å². The van der Waals surface area contributed by atoms with Crippen molar-refractivity contribution >= 4 is 23.6 Å². The average molecular weight is 394 g/mol. The molecular weight excluding hydrogens is 368 g/mol. The normalized spacial score (nSPS) is 14.5. The topological polar surface area (TPSA) is 59.1 Å². The van der Waals surface area contributed by atoms with Gasteiger partial charge in [0.05, 0.1) is 13.7 Å². The Labute approximate surface area is 171 Å². The summed E-state index contributed by atoms with van der Waals surface area (Å²) in [5.74, 6) is 0.645. The predicted octanol–water partition coefficient (Wildman–Crippen LogP) is 3.54. The van der Waals surface area contributed by atoms with Crippen molar-refractivity contribution in [3.63, 3.8) is 0 Å². The molecule has 1 aliphatic heterocycles. The molecular formula is C23H26N2O4. The molecule has 29 heavy (non-hydrogen) atoms. The zero-order chi connectivity index (χ0) is 20.6. The van der Waals surface area contributed by atoms with Gasteiger partial charge in [0.1, 0.15) is 5.75 Å². The number of piperazine rings is 1. The van der Waals surface area contributed by atoms with E-state index in [1.165, 1.54) is 0 Å². The molecule has 0 radical (unpaired) electrons. The number of rotatable bonds is 5. The van der Waals surface area contributed by atoms with Crippen molar-refractivity contribution in [2.24, 2.45) is 0 Å². The number of benzene rings is 2. The van der Waals surface area contributed by atoms with Crippen LogP contribution in [0, 0.1) is 0 Å². The maximum absolute atomic E-state index is 13.4. The number of nitrogens with zero attached hydrogens (tertiary/aromatic N) is 2. The van der Waals surface area contributed by atoms with Crippen LogP contribution in [0.3, 0.4) is 0 Å². The summed E-state index contributed by atoms with van der Waals surface area (Å²) in [5, 5.41) is 0. The lowest BCUT2D eigenvalue weighted by Crippen LogP contribution is -2.50. The number of hydrogen-bond donors (Lipinski definition) is 0. The minimum Gasteiger partial charge on any atom is -0.496 e. The Morgan fingerprint density at radius 1 is 0.931 bits per heavy atom. The van der Waals surface area contributed by atoms with Crippen LogP contribution in [0.25, 0.3) is 11.6 Å². The maximum atomic E-state index is 13.4. The van der Waals surface area contributed by atoms with Gasteiger partial charge < -0.3 is 19.3 Å². The van der Waals surface area contributed by atoms with Crippen LogP contribution >= 0.6 is 0 Å². The highest BCUT2D eigenvalue weighted by molar-refractivity contribution is 6.24. The Bertz CT molecular complexity index is 871. The van der Waals surface area contributed by atoms with Crippen LogP contribution in [0.1, 0.15) is 18.1 Å². The van der Waals surface area contributed by atoms with E-state index < -0.39 is 0 Å². The first-order chi connectivity index (χ1) is 14.1. The fourth-order valence-electron chi connectivity index (χ4n) is 3.30. The summed E-state index contributed by atoms with van der Waals surface area (Å²) >= 11 is 0. The van der Waals surface area contributed by atoms with Crippen LogP contribution in [0.15, 0.2) is 54.6 Å². The summed E-state index contributed by atoms with van der Waals surface area (Å²) in [6, 6.07) is 17.2. The molecule has 2 aromatic rings. The first kappa shape index (κ1) is 20.5. The van der Waals surface area contributed by atoms with Crippen molar-refractivity contribution < 1.29 is 19.1 Å².